The standard InChI is InChI=1S/C17H19FN6O/c1-11(17(25)19-8-12-4-6-13(18)7-5-12)24-10-22-14-15(23(2)3)20-9-21-16(14)24/h4-7,9-11H,8H2,1-3H3,(H,19,25). The molecule has 1 atom stereocenters. The summed E-state index contributed by atoms with van der Waals surface area (Å²) in [5.41, 5.74) is 2.07. The van der Waals surface area contributed by atoms with Crippen molar-refractivity contribution >= 4 is 22.9 Å². The Balaban J connectivity index is 1.77. The third-order valence-electron chi connectivity index (χ3n) is 3.94. The molecule has 0 saturated carbocycles. The van der Waals surface area contributed by atoms with Crippen LogP contribution in [0.5, 0.6) is 0 Å². The lowest BCUT2D eigenvalue weighted by atomic mass is 10.2. The van der Waals surface area contributed by atoms with Gasteiger partial charge in [0.25, 0.3) is 0 Å². The first-order valence-electron chi connectivity index (χ1n) is 7.84. The molecule has 1 unspecified atom stereocenters. The van der Waals surface area contributed by atoms with Crippen LogP contribution in [-0.2, 0) is 11.3 Å². The molecule has 2 heterocycles. The zero-order valence-corrected chi connectivity index (χ0v) is 14.3. The molecule has 8 heteroatoms. The highest BCUT2D eigenvalue weighted by Crippen LogP contribution is 2.22. The number of rotatable bonds is 5. The zero-order chi connectivity index (χ0) is 18.0. The van der Waals surface area contributed by atoms with E-state index in [-0.39, 0.29) is 11.7 Å². The van der Waals surface area contributed by atoms with Gasteiger partial charge in [-0.1, -0.05) is 12.1 Å². The van der Waals surface area contributed by atoms with Crippen molar-refractivity contribution in [2.45, 2.75) is 19.5 Å². The molecule has 0 saturated heterocycles. The SMILES string of the molecule is CC(C(=O)NCc1ccc(F)cc1)n1cnc2c(N(C)C)ncnc21. The van der Waals surface area contributed by atoms with E-state index in [0.717, 1.165) is 5.56 Å². The Morgan fingerprint density at radius 3 is 2.64 bits per heavy atom. The second-order valence-corrected chi connectivity index (χ2v) is 5.94. The highest BCUT2D eigenvalue weighted by molar-refractivity contribution is 5.86. The molecule has 0 bridgehead atoms. The third-order valence-corrected chi connectivity index (χ3v) is 3.94. The molecule has 0 fully saturated rings. The Kier molecular flexibility index (Phi) is 4.60. The van der Waals surface area contributed by atoms with Crippen molar-refractivity contribution in [2.24, 2.45) is 0 Å². The number of hydrogen-bond acceptors (Lipinski definition) is 5. The van der Waals surface area contributed by atoms with E-state index in [4.69, 9.17) is 0 Å². The molecule has 2 aromatic heterocycles. The number of carbonyl (C=O) groups excluding carboxylic acids is 1. The van der Waals surface area contributed by atoms with Gasteiger partial charge in [0.05, 0.1) is 6.33 Å². The van der Waals surface area contributed by atoms with Crippen LogP contribution in [0.1, 0.15) is 18.5 Å². The van der Waals surface area contributed by atoms with Gasteiger partial charge in [-0.25, -0.2) is 19.3 Å². The summed E-state index contributed by atoms with van der Waals surface area (Å²) < 4.78 is 14.6. The quantitative estimate of drug-likeness (QED) is 0.766. The summed E-state index contributed by atoms with van der Waals surface area (Å²) in [6, 6.07) is 5.53. The Hall–Kier alpha value is -3.03. The van der Waals surface area contributed by atoms with E-state index in [9.17, 15) is 9.18 Å². The molecule has 3 aromatic rings. The lowest BCUT2D eigenvalue weighted by molar-refractivity contribution is -0.123. The minimum atomic E-state index is -0.490. The maximum absolute atomic E-state index is 12.9. The maximum Gasteiger partial charge on any atom is 0.243 e. The third kappa shape index (κ3) is 3.42. The Bertz CT molecular complexity index is 890. The molecule has 3 rings (SSSR count). The summed E-state index contributed by atoms with van der Waals surface area (Å²) in [6.07, 6.45) is 3.05. The van der Waals surface area contributed by atoms with Crippen LogP contribution in [0.4, 0.5) is 10.2 Å². The molecule has 130 valence electrons. The molecule has 1 aromatic carbocycles. The van der Waals surface area contributed by atoms with Gasteiger partial charge in [0.1, 0.15) is 18.2 Å². The molecule has 0 radical (unpaired) electrons. The number of fused-ring (bicyclic) bond motifs is 1. The van der Waals surface area contributed by atoms with Gasteiger partial charge in [-0.3, -0.25) is 4.79 Å². The predicted octanol–water partition coefficient (Wildman–Crippen LogP) is 1.91. The van der Waals surface area contributed by atoms with Crippen molar-refractivity contribution in [3.63, 3.8) is 0 Å². The van der Waals surface area contributed by atoms with Gasteiger partial charge in [-0.05, 0) is 24.6 Å². The van der Waals surface area contributed by atoms with E-state index < -0.39 is 6.04 Å². The first kappa shape index (κ1) is 16.8. The van der Waals surface area contributed by atoms with Crippen LogP contribution in [0, 0.1) is 5.82 Å². The van der Waals surface area contributed by atoms with Crippen molar-refractivity contribution in [1.82, 2.24) is 24.8 Å². The number of nitrogens with one attached hydrogen (secondary N) is 1. The molecule has 25 heavy (non-hydrogen) atoms. The van der Waals surface area contributed by atoms with Crippen LogP contribution in [-0.4, -0.2) is 39.5 Å². The van der Waals surface area contributed by atoms with Crippen LogP contribution < -0.4 is 10.2 Å². The van der Waals surface area contributed by atoms with Gasteiger partial charge in [0.15, 0.2) is 17.0 Å². The minimum absolute atomic E-state index is 0.173. The number of imidazole rings is 1. The lowest BCUT2D eigenvalue weighted by Gasteiger charge is -2.15. The van der Waals surface area contributed by atoms with Gasteiger partial charge in [-0.2, -0.15) is 0 Å². The Morgan fingerprint density at radius 1 is 1.24 bits per heavy atom. The molecule has 7 nitrogen and oxygen atoms in total. The fourth-order valence-electron chi connectivity index (χ4n) is 2.52. The molecular formula is C17H19FN6O. The van der Waals surface area contributed by atoms with Gasteiger partial charge in [0, 0.05) is 20.6 Å². The van der Waals surface area contributed by atoms with Crippen LogP contribution in [0.3, 0.4) is 0 Å². The lowest BCUT2D eigenvalue weighted by Crippen LogP contribution is -2.30. The van der Waals surface area contributed by atoms with Gasteiger partial charge >= 0.3 is 0 Å². The normalized spacial score (nSPS) is 12.2. The minimum Gasteiger partial charge on any atom is -0.361 e. The smallest absolute Gasteiger partial charge is 0.243 e. The average Bonchev–Trinajstić information content (AvgIpc) is 3.04. The highest BCUT2D eigenvalue weighted by atomic mass is 19.1. The number of hydrogen-bond donors (Lipinski definition) is 1. The highest BCUT2D eigenvalue weighted by Gasteiger charge is 2.20. The Morgan fingerprint density at radius 2 is 1.96 bits per heavy atom. The summed E-state index contributed by atoms with van der Waals surface area (Å²) >= 11 is 0. The monoisotopic (exact) mass is 342 g/mol. The summed E-state index contributed by atoms with van der Waals surface area (Å²) in [7, 11) is 3.75. The fourth-order valence-corrected chi connectivity index (χ4v) is 2.52. The summed E-state index contributed by atoms with van der Waals surface area (Å²) in [5, 5.41) is 2.84. The number of aromatic nitrogens is 4. The first-order valence-corrected chi connectivity index (χ1v) is 7.84. The van der Waals surface area contributed by atoms with Crippen molar-refractivity contribution < 1.29 is 9.18 Å². The number of halogens is 1. The number of benzene rings is 1. The molecule has 1 amide bonds. The molecule has 1 N–H and O–H groups in total. The first-order chi connectivity index (χ1) is 12.0. The topological polar surface area (TPSA) is 75.9 Å². The van der Waals surface area contributed by atoms with Gasteiger partial charge < -0.3 is 14.8 Å². The van der Waals surface area contributed by atoms with Crippen molar-refractivity contribution in [2.75, 3.05) is 19.0 Å². The second-order valence-electron chi connectivity index (χ2n) is 5.94. The largest absolute Gasteiger partial charge is 0.361 e. The summed E-state index contributed by atoms with van der Waals surface area (Å²) in [6.45, 7) is 2.10. The van der Waals surface area contributed by atoms with Gasteiger partial charge in [-0.15, -0.1) is 0 Å². The van der Waals surface area contributed by atoms with Crippen molar-refractivity contribution in [3.05, 3.63) is 48.3 Å². The molecular weight excluding hydrogens is 323 g/mol. The molecule has 0 aliphatic heterocycles. The number of amides is 1. The second kappa shape index (κ2) is 6.84. The molecule has 0 aliphatic carbocycles. The number of carbonyl (C=O) groups is 1. The van der Waals surface area contributed by atoms with Crippen LogP contribution in [0.25, 0.3) is 11.2 Å². The maximum atomic E-state index is 12.9. The van der Waals surface area contributed by atoms with Crippen LogP contribution in [0.15, 0.2) is 36.9 Å². The van der Waals surface area contributed by atoms with Crippen molar-refractivity contribution in [3.8, 4) is 0 Å². The van der Waals surface area contributed by atoms with Crippen LogP contribution >= 0.6 is 0 Å². The molecule has 0 aliphatic rings. The fraction of sp³-hybridized carbons (Fsp3) is 0.294. The van der Waals surface area contributed by atoms with E-state index in [2.05, 4.69) is 20.3 Å². The van der Waals surface area contributed by atoms with Crippen LogP contribution in [0.2, 0.25) is 0 Å². The Labute approximate surface area is 144 Å². The van der Waals surface area contributed by atoms with E-state index in [0.29, 0.717) is 23.5 Å². The summed E-state index contributed by atoms with van der Waals surface area (Å²) in [4.78, 5) is 27.1. The number of nitrogens with zero attached hydrogens (tertiary/aromatic N) is 5. The average molecular weight is 342 g/mol. The van der Waals surface area contributed by atoms with E-state index >= 15 is 0 Å². The van der Waals surface area contributed by atoms with Gasteiger partial charge in [0.2, 0.25) is 5.91 Å². The van der Waals surface area contributed by atoms with E-state index in [1.807, 2.05) is 19.0 Å². The van der Waals surface area contributed by atoms with E-state index in [1.54, 1.807) is 30.0 Å². The number of anilines is 1. The zero-order valence-electron chi connectivity index (χ0n) is 14.3. The van der Waals surface area contributed by atoms with E-state index in [1.165, 1.54) is 18.5 Å². The predicted molar refractivity (Wildman–Crippen MR) is 92.6 cm³/mol. The molecule has 0 spiro atoms. The van der Waals surface area contributed by atoms with Crippen molar-refractivity contribution in [1.29, 1.82) is 0 Å². The summed E-state index contributed by atoms with van der Waals surface area (Å²) in [5.74, 6) is 0.223.